The summed E-state index contributed by atoms with van der Waals surface area (Å²) in [6, 6.07) is -0.738. The summed E-state index contributed by atoms with van der Waals surface area (Å²) in [6.07, 6.45) is 68.0. The van der Waals surface area contributed by atoms with Gasteiger partial charge in [0.15, 0.2) is 0 Å². The number of aliphatic hydroxyl groups excluding tert-OH is 2. The van der Waals surface area contributed by atoms with Gasteiger partial charge in [0, 0.05) is 12.8 Å². The minimum atomic E-state index is -0.817. The summed E-state index contributed by atoms with van der Waals surface area (Å²) in [6.45, 7) is 6.32. The molecule has 0 heterocycles. The Kier molecular flexibility index (Phi) is 49.6. The fourth-order valence-corrected chi connectivity index (χ4v) is 7.84. The van der Waals surface area contributed by atoms with Crippen molar-refractivity contribution >= 4 is 11.9 Å². The molecule has 0 fully saturated rings. The molecular weight excluding hydrogens is 803 g/mol. The van der Waals surface area contributed by atoms with Crippen LogP contribution >= 0.6 is 0 Å². The van der Waals surface area contributed by atoms with E-state index in [2.05, 4.69) is 105 Å². The topological polar surface area (TPSA) is 95.9 Å². The van der Waals surface area contributed by atoms with E-state index >= 15 is 0 Å². The normalized spacial score (nSPS) is 13.9. The van der Waals surface area contributed by atoms with E-state index in [1.54, 1.807) is 0 Å². The van der Waals surface area contributed by atoms with Gasteiger partial charge in [-0.1, -0.05) is 241 Å². The summed E-state index contributed by atoms with van der Waals surface area (Å²) in [5.41, 5.74) is 0. The molecule has 0 saturated heterocycles. The smallest absolute Gasteiger partial charge is 0.306 e. The van der Waals surface area contributed by atoms with Crippen LogP contribution < -0.4 is 5.32 Å². The number of nitrogens with one attached hydrogen (secondary N) is 1. The Morgan fingerprint density at radius 2 is 0.862 bits per heavy atom. The van der Waals surface area contributed by atoms with Gasteiger partial charge >= 0.3 is 5.97 Å². The predicted molar refractivity (Wildman–Crippen MR) is 282 cm³/mol. The molecule has 0 rings (SSSR count). The average Bonchev–Trinajstić information content (AvgIpc) is 3.30. The second kappa shape index (κ2) is 52.0. The third-order valence-corrected chi connectivity index (χ3v) is 12.0. The first-order chi connectivity index (χ1) is 32.0. The molecular formula is C59H103NO5. The number of hydrogen-bond acceptors (Lipinski definition) is 5. The quantitative estimate of drug-likeness (QED) is 0.0321. The number of esters is 1. The molecule has 0 spiro atoms. The van der Waals surface area contributed by atoms with E-state index in [4.69, 9.17) is 4.74 Å². The zero-order valence-corrected chi connectivity index (χ0v) is 42.6. The summed E-state index contributed by atoms with van der Waals surface area (Å²) >= 11 is 0. The lowest BCUT2D eigenvalue weighted by atomic mass is 10.0. The first-order valence-electron chi connectivity index (χ1n) is 27.3. The van der Waals surface area contributed by atoms with Crippen molar-refractivity contribution in [2.24, 2.45) is 0 Å². The second-order valence-corrected chi connectivity index (χ2v) is 18.3. The lowest BCUT2D eigenvalue weighted by molar-refractivity contribution is -0.150. The number of carbonyl (C=O) groups excluding carboxylic acids is 2. The molecule has 6 heteroatoms. The third kappa shape index (κ3) is 47.3. The molecule has 0 aliphatic heterocycles. The lowest BCUT2D eigenvalue weighted by Gasteiger charge is -2.24. The van der Waals surface area contributed by atoms with Gasteiger partial charge in [-0.3, -0.25) is 9.59 Å². The van der Waals surface area contributed by atoms with Gasteiger partial charge in [0.05, 0.1) is 25.2 Å². The molecule has 0 aromatic rings. The Hall–Kier alpha value is -2.96. The van der Waals surface area contributed by atoms with Crippen LogP contribution in [0.2, 0.25) is 0 Å². The van der Waals surface area contributed by atoms with Crippen molar-refractivity contribution in [1.29, 1.82) is 0 Å². The van der Waals surface area contributed by atoms with Gasteiger partial charge in [0.25, 0.3) is 0 Å². The fourth-order valence-electron chi connectivity index (χ4n) is 7.84. The summed E-state index contributed by atoms with van der Waals surface area (Å²) in [4.78, 5) is 26.2. The van der Waals surface area contributed by atoms with Gasteiger partial charge in [-0.05, 0) is 77.0 Å². The van der Waals surface area contributed by atoms with E-state index in [1.165, 1.54) is 122 Å². The molecule has 3 N–H and O–H groups in total. The predicted octanol–water partition coefficient (Wildman–Crippen LogP) is 16.7. The van der Waals surface area contributed by atoms with Crippen LogP contribution in [0.5, 0.6) is 0 Å². The van der Waals surface area contributed by atoms with Crippen LogP contribution in [-0.4, -0.2) is 46.9 Å². The minimum absolute atomic E-state index is 0.00697. The van der Waals surface area contributed by atoms with Gasteiger partial charge in [-0.2, -0.15) is 0 Å². The van der Waals surface area contributed by atoms with Gasteiger partial charge < -0.3 is 20.3 Å². The molecule has 0 aliphatic carbocycles. The molecule has 3 atom stereocenters. The van der Waals surface area contributed by atoms with Crippen LogP contribution in [0.15, 0.2) is 85.1 Å². The Balaban J connectivity index is 4.71. The Bertz CT molecular complexity index is 1250. The molecule has 1 amide bonds. The number of ether oxygens (including phenoxy) is 1. The SMILES string of the molecule is CC/C=C/C/C=C/C/C=C/CCCCCCCCC(=O)OC(C/C=C\C/C=C\C/C=C\C/C=C\CCCCC)CC(=O)NC(CO)C(O)CCCCCCCCCCCCCCCCC. The van der Waals surface area contributed by atoms with Gasteiger partial charge in [-0.25, -0.2) is 0 Å². The van der Waals surface area contributed by atoms with Crippen LogP contribution in [-0.2, 0) is 14.3 Å². The van der Waals surface area contributed by atoms with Crippen molar-refractivity contribution in [3.63, 3.8) is 0 Å². The molecule has 0 aliphatic rings. The molecule has 0 bridgehead atoms. The first kappa shape index (κ1) is 62.0. The molecule has 6 nitrogen and oxygen atoms in total. The fraction of sp³-hybridized carbons (Fsp3) is 0.729. The number of carbonyl (C=O) groups is 2. The standard InChI is InChI=1S/C59H103NO5/c1-4-7-10-13-16-19-22-25-28-31-34-37-40-43-46-49-52-59(64)65-55(50-47-44-41-38-35-32-29-26-23-20-17-14-11-8-5-2)53-58(63)60-56(54-61)57(62)51-48-45-42-39-36-33-30-27-24-21-18-15-12-9-6-3/h7,10,16-17,19-20,25-26,28-29,35,38,44,47,55-57,61-62H,4-6,8-9,11-15,18,21-24,27,30-34,36-37,39-43,45-46,48-54H2,1-3H3,(H,60,63)/b10-7+,19-16+,20-17-,28-25+,29-26-,38-35-,47-44-. The molecule has 374 valence electrons. The van der Waals surface area contributed by atoms with E-state index in [-0.39, 0.29) is 24.9 Å². The number of aliphatic hydroxyl groups is 2. The first-order valence-corrected chi connectivity index (χ1v) is 27.3. The van der Waals surface area contributed by atoms with E-state index in [1.807, 2.05) is 6.08 Å². The molecule has 65 heavy (non-hydrogen) atoms. The summed E-state index contributed by atoms with van der Waals surface area (Å²) in [7, 11) is 0. The zero-order valence-electron chi connectivity index (χ0n) is 42.6. The molecule has 3 unspecified atom stereocenters. The molecule has 0 radical (unpaired) electrons. The monoisotopic (exact) mass is 906 g/mol. The molecule has 0 saturated carbocycles. The van der Waals surface area contributed by atoms with Gasteiger partial charge in [0.2, 0.25) is 5.91 Å². The van der Waals surface area contributed by atoms with Crippen molar-refractivity contribution in [2.45, 2.75) is 270 Å². The van der Waals surface area contributed by atoms with Crippen LogP contribution in [0, 0.1) is 0 Å². The van der Waals surface area contributed by atoms with E-state index < -0.39 is 18.2 Å². The number of amides is 1. The average molecular weight is 906 g/mol. The Morgan fingerprint density at radius 3 is 1.34 bits per heavy atom. The van der Waals surface area contributed by atoms with Crippen molar-refractivity contribution in [2.75, 3.05) is 6.61 Å². The van der Waals surface area contributed by atoms with Crippen LogP contribution in [0.3, 0.4) is 0 Å². The highest BCUT2D eigenvalue weighted by molar-refractivity contribution is 5.77. The van der Waals surface area contributed by atoms with E-state index in [0.717, 1.165) is 83.5 Å². The summed E-state index contributed by atoms with van der Waals surface area (Å²) in [5.74, 6) is -0.592. The van der Waals surface area contributed by atoms with E-state index in [9.17, 15) is 19.8 Å². The maximum atomic E-state index is 13.2. The van der Waals surface area contributed by atoms with Crippen molar-refractivity contribution in [3.05, 3.63) is 85.1 Å². The summed E-state index contributed by atoms with van der Waals surface area (Å²) < 4.78 is 5.88. The van der Waals surface area contributed by atoms with Crippen LogP contribution in [0.1, 0.15) is 252 Å². The Labute approximate surface area is 402 Å². The Morgan fingerprint density at radius 1 is 0.477 bits per heavy atom. The number of unbranched alkanes of at least 4 members (excludes halogenated alkanes) is 23. The van der Waals surface area contributed by atoms with Crippen LogP contribution in [0.25, 0.3) is 0 Å². The van der Waals surface area contributed by atoms with Gasteiger partial charge in [0.1, 0.15) is 6.10 Å². The molecule has 0 aromatic carbocycles. The van der Waals surface area contributed by atoms with Crippen molar-refractivity contribution in [1.82, 2.24) is 5.32 Å². The van der Waals surface area contributed by atoms with E-state index in [0.29, 0.717) is 19.3 Å². The third-order valence-electron chi connectivity index (χ3n) is 12.0. The lowest BCUT2D eigenvalue weighted by Crippen LogP contribution is -2.46. The van der Waals surface area contributed by atoms with Gasteiger partial charge in [-0.15, -0.1) is 0 Å². The second-order valence-electron chi connectivity index (χ2n) is 18.3. The van der Waals surface area contributed by atoms with Crippen molar-refractivity contribution in [3.8, 4) is 0 Å². The molecule has 0 aromatic heterocycles. The maximum absolute atomic E-state index is 13.2. The van der Waals surface area contributed by atoms with Crippen LogP contribution in [0.4, 0.5) is 0 Å². The number of hydrogen-bond donors (Lipinski definition) is 3. The minimum Gasteiger partial charge on any atom is -0.461 e. The zero-order chi connectivity index (χ0) is 47.4. The highest BCUT2D eigenvalue weighted by Gasteiger charge is 2.23. The largest absolute Gasteiger partial charge is 0.461 e. The maximum Gasteiger partial charge on any atom is 0.306 e. The highest BCUT2D eigenvalue weighted by atomic mass is 16.5. The number of allylic oxidation sites excluding steroid dienone is 13. The summed E-state index contributed by atoms with van der Waals surface area (Å²) in [5, 5.41) is 23.8. The number of rotatable bonds is 48. The van der Waals surface area contributed by atoms with Crippen molar-refractivity contribution < 1.29 is 24.5 Å². The highest BCUT2D eigenvalue weighted by Crippen LogP contribution is 2.16.